The molecule has 0 unspecified atom stereocenters. The Morgan fingerprint density at radius 3 is 2.52 bits per heavy atom. The highest BCUT2D eigenvalue weighted by molar-refractivity contribution is 7.17. The number of hydrogen-bond donors (Lipinski definition) is 0. The van der Waals surface area contributed by atoms with Gasteiger partial charge in [0.15, 0.2) is 11.7 Å². The lowest BCUT2D eigenvalue weighted by Crippen LogP contribution is -2.34. The maximum atomic E-state index is 13.2. The molecule has 9 heteroatoms. The molecule has 0 bridgehead atoms. The molecule has 0 aliphatic rings. The van der Waals surface area contributed by atoms with Crippen molar-refractivity contribution in [3.63, 3.8) is 0 Å². The van der Waals surface area contributed by atoms with Crippen LogP contribution in [-0.4, -0.2) is 36.0 Å². The van der Waals surface area contributed by atoms with E-state index in [9.17, 15) is 18.8 Å². The second-order valence-electron chi connectivity index (χ2n) is 5.85. The van der Waals surface area contributed by atoms with Crippen LogP contribution in [0.3, 0.4) is 0 Å². The fourth-order valence-electron chi connectivity index (χ4n) is 2.31. The van der Waals surface area contributed by atoms with E-state index in [1.54, 1.807) is 20.8 Å². The first-order chi connectivity index (χ1) is 13.8. The molecule has 0 aliphatic heterocycles. The van der Waals surface area contributed by atoms with Gasteiger partial charge in [0.2, 0.25) is 0 Å². The van der Waals surface area contributed by atoms with Crippen molar-refractivity contribution in [1.82, 2.24) is 4.98 Å². The zero-order valence-electron chi connectivity index (χ0n) is 16.3. The third-order valence-corrected chi connectivity index (χ3v) is 4.83. The van der Waals surface area contributed by atoms with Gasteiger partial charge in [-0.25, -0.2) is 19.0 Å². The number of hydrogen-bond acceptors (Lipinski definition) is 7. The van der Waals surface area contributed by atoms with Crippen LogP contribution in [0.25, 0.3) is 0 Å². The van der Waals surface area contributed by atoms with Crippen molar-refractivity contribution in [3.8, 4) is 0 Å². The van der Waals surface area contributed by atoms with E-state index in [2.05, 4.69) is 4.98 Å². The Morgan fingerprint density at radius 2 is 1.90 bits per heavy atom. The number of esters is 2. The van der Waals surface area contributed by atoms with Gasteiger partial charge in [-0.2, -0.15) is 0 Å². The van der Waals surface area contributed by atoms with Gasteiger partial charge in [-0.1, -0.05) is 29.5 Å². The van der Waals surface area contributed by atoms with Gasteiger partial charge >= 0.3 is 11.9 Å². The van der Waals surface area contributed by atoms with Crippen LogP contribution in [0.4, 0.5) is 9.52 Å². The molecule has 0 saturated carbocycles. The van der Waals surface area contributed by atoms with Gasteiger partial charge in [-0.05, 0) is 38.5 Å². The number of aryl methyl sites for hydroxylation is 1. The van der Waals surface area contributed by atoms with Crippen molar-refractivity contribution in [3.05, 3.63) is 58.4 Å². The first-order valence-corrected chi connectivity index (χ1v) is 9.66. The maximum absolute atomic E-state index is 13.2. The summed E-state index contributed by atoms with van der Waals surface area (Å²) in [6, 6.07) is 5.63. The average molecular weight is 420 g/mol. The summed E-state index contributed by atoms with van der Waals surface area (Å²) in [7, 11) is 0. The molecule has 0 radical (unpaired) electrons. The molecule has 1 aromatic carbocycles. The van der Waals surface area contributed by atoms with Crippen LogP contribution in [0.15, 0.2) is 36.4 Å². The van der Waals surface area contributed by atoms with E-state index in [4.69, 9.17) is 9.47 Å². The number of anilines is 1. The van der Waals surface area contributed by atoms with Gasteiger partial charge in [0, 0.05) is 6.08 Å². The first kappa shape index (κ1) is 22.2. The van der Waals surface area contributed by atoms with Crippen LogP contribution in [0.2, 0.25) is 0 Å². The SMILES string of the molecule is C/C=C/C(=O)OCC(=O)N(Cc1ccc(F)cc1)c1nc(C)c(C(=O)OCC)s1. The molecule has 0 N–H and O–H groups in total. The number of carbonyl (C=O) groups is 3. The standard InChI is InChI=1S/C20H21FN2O5S/c1-4-6-17(25)28-12-16(24)23(11-14-7-9-15(21)10-8-14)20-22-13(3)18(29-20)19(26)27-5-2/h4,6-10H,5,11-12H2,1-3H3/b6-4+. The molecule has 0 fully saturated rings. The van der Waals surface area contributed by atoms with E-state index in [0.29, 0.717) is 11.3 Å². The zero-order chi connectivity index (χ0) is 21.4. The normalized spacial score (nSPS) is 10.8. The van der Waals surface area contributed by atoms with Crippen LogP contribution in [0, 0.1) is 12.7 Å². The lowest BCUT2D eigenvalue weighted by molar-refractivity contribution is -0.143. The highest BCUT2D eigenvalue weighted by Crippen LogP contribution is 2.28. The number of halogens is 1. The Morgan fingerprint density at radius 1 is 1.21 bits per heavy atom. The summed E-state index contributed by atoms with van der Waals surface area (Å²) in [6.07, 6.45) is 2.70. The Kier molecular flexibility index (Phi) is 8.02. The third-order valence-electron chi connectivity index (χ3n) is 3.67. The Balaban J connectivity index is 2.29. The van der Waals surface area contributed by atoms with Crippen LogP contribution in [0.1, 0.15) is 34.8 Å². The third kappa shape index (κ3) is 6.21. The minimum absolute atomic E-state index is 0.0650. The molecule has 0 spiro atoms. The molecule has 1 heterocycles. The summed E-state index contributed by atoms with van der Waals surface area (Å²) in [4.78, 5) is 42.2. The van der Waals surface area contributed by atoms with Crippen LogP contribution in [0.5, 0.6) is 0 Å². The molecule has 154 valence electrons. The zero-order valence-corrected chi connectivity index (χ0v) is 17.1. The second-order valence-corrected chi connectivity index (χ2v) is 6.82. The number of carbonyl (C=O) groups excluding carboxylic acids is 3. The van der Waals surface area contributed by atoms with E-state index in [1.165, 1.54) is 41.3 Å². The van der Waals surface area contributed by atoms with Crippen LogP contribution < -0.4 is 4.90 Å². The Hall–Kier alpha value is -3.07. The minimum atomic E-state index is -0.648. The molecule has 2 aromatic rings. The first-order valence-electron chi connectivity index (χ1n) is 8.84. The fourth-order valence-corrected chi connectivity index (χ4v) is 3.29. The van der Waals surface area contributed by atoms with Gasteiger partial charge in [0.05, 0.1) is 18.8 Å². The number of ether oxygens (including phenoxy) is 2. The summed E-state index contributed by atoms with van der Waals surface area (Å²) in [5.41, 5.74) is 1.07. The van der Waals surface area contributed by atoms with Gasteiger partial charge in [0.1, 0.15) is 10.7 Å². The molecule has 2 rings (SSSR count). The molecule has 1 amide bonds. The summed E-state index contributed by atoms with van der Waals surface area (Å²) in [5.74, 6) is -2.11. The van der Waals surface area contributed by atoms with Crippen molar-refractivity contribution in [2.45, 2.75) is 27.3 Å². The van der Waals surface area contributed by atoms with E-state index >= 15 is 0 Å². The fraction of sp³-hybridized carbons (Fsp3) is 0.300. The molecule has 1 aromatic heterocycles. The summed E-state index contributed by atoms with van der Waals surface area (Å²) < 4.78 is 23.1. The molecular weight excluding hydrogens is 399 g/mol. The average Bonchev–Trinajstić information content (AvgIpc) is 3.07. The summed E-state index contributed by atoms with van der Waals surface area (Å²) in [5, 5.41) is 0.252. The van der Waals surface area contributed by atoms with Crippen molar-refractivity contribution in [2.24, 2.45) is 0 Å². The van der Waals surface area contributed by atoms with E-state index in [1.807, 2.05) is 0 Å². The number of rotatable bonds is 8. The second kappa shape index (κ2) is 10.5. The predicted molar refractivity (Wildman–Crippen MR) is 106 cm³/mol. The van der Waals surface area contributed by atoms with E-state index in [-0.39, 0.29) is 23.2 Å². The van der Waals surface area contributed by atoms with Crippen molar-refractivity contribution >= 4 is 34.3 Å². The number of amides is 1. The van der Waals surface area contributed by atoms with Gasteiger partial charge in [-0.3, -0.25) is 9.69 Å². The number of aromatic nitrogens is 1. The lowest BCUT2D eigenvalue weighted by atomic mass is 10.2. The number of nitrogens with zero attached hydrogens (tertiary/aromatic N) is 2. The topological polar surface area (TPSA) is 85.8 Å². The quantitative estimate of drug-likeness (QED) is 0.481. The van der Waals surface area contributed by atoms with Gasteiger partial charge in [-0.15, -0.1) is 0 Å². The molecular formula is C20H21FN2O5S. The largest absolute Gasteiger partial charge is 0.462 e. The van der Waals surface area contributed by atoms with Crippen molar-refractivity contribution in [1.29, 1.82) is 0 Å². The lowest BCUT2D eigenvalue weighted by Gasteiger charge is -2.20. The molecule has 7 nitrogen and oxygen atoms in total. The smallest absolute Gasteiger partial charge is 0.350 e. The number of benzene rings is 1. The van der Waals surface area contributed by atoms with Crippen LogP contribution >= 0.6 is 11.3 Å². The monoisotopic (exact) mass is 420 g/mol. The summed E-state index contributed by atoms with van der Waals surface area (Å²) in [6.45, 7) is 4.76. The van der Waals surface area contributed by atoms with E-state index < -0.39 is 30.3 Å². The van der Waals surface area contributed by atoms with E-state index in [0.717, 1.165) is 11.3 Å². The van der Waals surface area contributed by atoms with Crippen LogP contribution in [-0.2, 0) is 25.6 Å². The minimum Gasteiger partial charge on any atom is -0.462 e. The molecule has 29 heavy (non-hydrogen) atoms. The highest BCUT2D eigenvalue weighted by Gasteiger charge is 2.25. The Labute approximate surface area is 171 Å². The number of thiazole rings is 1. The van der Waals surface area contributed by atoms with Crippen molar-refractivity contribution < 1.29 is 28.2 Å². The van der Waals surface area contributed by atoms with Crippen molar-refractivity contribution in [2.75, 3.05) is 18.1 Å². The highest BCUT2D eigenvalue weighted by atomic mass is 32.1. The van der Waals surface area contributed by atoms with Gasteiger partial charge in [0.25, 0.3) is 5.91 Å². The molecule has 0 atom stereocenters. The number of allylic oxidation sites excluding steroid dienone is 1. The maximum Gasteiger partial charge on any atom is 0.350 e. The van der Waals surface area contributed by atoms with Gasteiger partial charge < -0.3 is 9.47 Å². The Bertz CT molecular complexity index is 908. The molecule has 0 aliphatic carbocycles. The molecule has 0 saturated heterocycles. The summed E-state index contributed by atoms with van der Waals surface area (Å²) >= 11 is 1.00. The predicted octanol–water partition coefficient (Wildman–Crippen LogP) is 3.42.